The lowest BCUT2D eigenvalue weighted by atomic mass is 10.0. The molecule has 0 aromatic rings. The maximum absolute atomic E-state index is 12.9. The summed E-state index contributed by atoms with van der Waals surface area (Å²) >= 11 is 0. The van der Waals surface area contributed by atoms with Crippen LogP contribution >= 0.6 is 15.6 Å². The molecule has 5 atom stereocenters. The summed E-state index contributed by atoms with van der Waals surface area (Å²) in [7, 11) is -9.87. The molecule has 0 aromatic heterocycles. The predicted octanol–water partition coefficient (Wildman–Crippen LogP) is 16.2. The Hall–Kier alpha value is -1.94. The molecule has 0 aliphatic heterocycles. The van der Waals surface area contributed by atoms with E-state index in [0.717, 1.165) is 109 Å². The first-order valence-electron chi connectivity index (χ1n) is 31.6. The summed E-state index contributed by atoms with van der Waals surface area (Å²) < 4.78 is 67.7. The second kappa shape index (κ2) is 54.0. The summed E-state index contributed by atoms with van der Waals surface area (Å²) in [6.07, 6.45) is 36.3. The van der Waals surface area contributed by atoms with E-state index in [1.165, 1.54) is 109 Å². The fourth-order valence-electron chi connectivity index (χ4n) is 8.88. The number of esters is 4. The monoisotopic (exact) mass is 1170 g/mol. The molecule has 19 heteroatoms. The van der Waals surface area contributed by atoms with E-state index in [1.807, 2.05) is 0 Å². The van der Waals surface area contributed by atoms with Crippen molar-refractivity contribution in [3.05, 3.63) is 0 Å². The number of hydrogen-bond donors (Lipinski definition) is 3. The average Bonchev–Trinajstić information content (AvgIpc) is 3.41. The Balaban J connectivity index is 5.21. The quantitative estimate of drug-likeness (QED) is 0.0222. The van der Waals surface area contributed by atoms with Crippen LogP contribution in [0, 0.1) is 5.92 Å². The lowest BCUT2D eigenvalue weighted by molar-refractivity contribution is -0.161. The first-order valence-corrected chi connectivity index (χ1v) is 34.6. The van der Waals surface area contributed by atoms with Crippen molar-refractivity contribution in [2.75, 3.05) is 39.6 Å². The molecule has 0 amide bonds. The van der Waals surface area contributed by atoms with Gasteiger partial charge in [-0.05, 0) is 31.6 Å². The summed E-state index contributed by atoms with van der Waals surface area (Å²) in [5.41, 5.74) is 0. The highest BCUT2D eigenvalue weighted by Gasteiger charge is 2.30. The van der Waals surface area contributed by atoms with Gasteiger partial charge in [0.2, 0.25) is 0 Å². The minimum Gasteiger partial charge on any atom is -0.462 e. The van der Waals surface area contributed by atoms with Gasteiger partial charge in [0.1, 0.15) is 19.3 Å². The number of aliphatic hydroxyl groups is 1. The van der Waals surface area contributed by atoms with Gasteiger partial charge in [-0.1, -0.05) is 247 Å². The number of carbonyl (C=O) groups excluding carboxylic acids is 4. The number of phosphoric ester groups is 2. The Kier molecular flexibility index (Phi) is 52.7. The van der Waals surface area contributed by atoms with Crippen LogP contribution in [0.15, 0.2) is 0 Å². The molecular weight excluding hydrogens is 1050 g/mol. The Morgan fingerprint density at radius 3 is 0.861 bits per heavy atom. The number of ether oxygens (including phenoxy) is 4. The van der Waals surface area contributed by atoms with Crippen LogP contribution < -0.4 is 0 Å². The lowest BCUT2D eigenvalue weighted by Gasteiger charge is -2.21. The van der Waals surface area contributed by atoms with E-state index >= 15 is 0 Å². The highest BCUT2D eigenvalue weighted by Crippen LogP contribution is 2.45. The zero-order chi connectivity index (χ0) is 58.5. The van der Waals surface area contributed by atoms with E-state index in [-0.39, 0.29) is 25.7 Å². The Bertz CT molecular complexity index is 1550. The van der Waals surface area contributed by atoms with Gasteiger partial charge in [-0.3, -0.25) is 37.3 Å². The third-order valence-electron chi connectivity index (χ3n) is 13.8. The number of unbranched alkanes of at least 4 members (excludes halogenated alkanes) is 32. The minimum atomic E-state index is -4.94. The Morgan fingerprint density at radius 1 is 0.342 bits per heavy atom. The van der Waals surface area contributed by atoms with Crippen molar-refractivity contribution >= 4 is 39.5 Å². The Labute approximate surface area is 479 Å². The van der Waals surface area contributed by atoms with E-state index in [9.17, 15) is 43.2 Å². The fourth-order valence-corrected chi connectivity index (χ4v) is 10.5. The SMILES string of the molecule is CCCCCCCCCCCCCCC(=O)O[C@H](COC(=O)CCCCCCCCCCC(C)C)COP(=O)(O)OC[C@@H](O)COP(=O)(O)OC[C@@H](COC(=O)CCCCCCCCCC)OC(=O)CCCCCCCCCC. The van der Waals surface area contributed by atoms with Crippen LogP contribution in [-0.4, -0.2) is 96.7 Å². The number of hydrogen-bond acceptors (Lipinski definition) is 15. The molecule has 0 bridgehead atoms. The average molecular weight is 1170 g/mol. The van der Waals surface area contributed by atoms with Gasteiger partial charge in [-0.2, -0.15) is 0 Å². The summed E-state index contributed by atoms with van der Waals surface area (Å²) in [6.45, 7) is 7.08. The van der Waals surface area contributed by atoms with Gasteiger partial charge in [0.25, 0.3) is 0 Å². The van der Waals surface area contributed by atoms with Crippen LogP contribution in [0.2, 0.25) is 0 Å². The van der Waals surface area contributed by atoms with Gasteiger partial charge in [0.05, 0.1) is 26.4 Å². The van der Waals surface area contributed by atoms with E-state index in [2.05, 4.69) is 34.6 Å². The maximum Gasteiger partial charge on any atom is 0.472 e. The van der Waals surface area contributed by atoms with Gasteiger partial charge in [-0.25, -0.2) is 9.13 Å². The van der Waals surface area contributed by atoms with E-state index in [0.29, 0.717) is 25.7 Å². The van der Waals surface area contributed by atoms with Crippen LogP contribution in [0.5, 0.6) is 0 Å². The summed E-state index contributed by atoms with van der Waals surface area (Å²) in [4.78, 5) is 71.9. The zero-order valence-corrected chi connectivity index (χ0v) is 52.3. The molecule has 0 rings (SSSR count). The molecule has 0 radical (unpaired) electrons. The van der Waals surface area contributed by atoms with Crippen LogP contribution in [0.25, 0.3) is 0 Å². The van der Waals surface area contributed by atoms with Crippen molar-refractivity contribution in [2.45, 2.75) is 316 Å². The fraction of sp³-hybridized carbons (Fsp3) is 0.933. The number of rotatable bonds is 60. The molecule has 0 spiro atoms. The first kappa shape index (κ1) is 77.1. The van der Waals surface area contributed by atoms with Crippen LogP contribution in [0.4, 0.5) is 0 Å². The van der Waals surface area contributed by atoms with E-state index in [4.69, 9.17) is 37.0 Å². The van der Waals surface area contributed by atoms with Crippen molar-refractivity contribution in [3.63, 3.8) is 0 Å². The smallest absolute Gasteiger partial charge is 0.462 e. The highest BCUT2D eigenvalue weighted by atomic mass is 31.2. The van der Waals surface area contributed by atoms with Crippen molar-refractivity contribution in [3.8, 4) is 0 Å². The predicted molar refractivity (Wildman–Crippen MR) is 312 cm³/mol. The van der Waals surface area contributed by atoms with Crippen molar-refractivity contribution in [2.24, 2.45) is 5.92 Å². The van der Waals surface area contributed by atoms with Gasteiger partial charge in [0.15, 0.2) is 12.2 Å². The molecule has 0 aliphatic rings. The zero-order valence-electron chi connectivity index (χ0n) is 50.5. The number of carbonyl (C=O) groups is 4. The van der Waals surface area contributed by atoms with Crippen LogP contribution in [0.3, 0.4) is 0 Å². The normalized spacial score (nSPS) is 14.3. The standard InChI is InChI=1S/C60H116O17P2/c1-6-9-12-15-18-21-22-23-24-31-36-41-46-60(65)77-56(50-71-58(63)44-39-34-30-26-25-27-32-37-42-53(4)5)52-75-79(68,69)73-48-54(61)47-72-78(66,67)74-51-55(76-59(64)45-40-35-29-20-17-14-11-8-3)49-70-57(62)43-38-33-28-19-16-13-10-7-2/h53-56,61H,6-52H2,1-5H3,(H,66,67)(H,68,69)/t54-,55+,56+/m0/s1. The molecule has 0 aliphatic carbocycles. The summed E-state index contributed by atoms with van der Waals surface area (Å²) in [5.74, 6) is -1.42. The molecule has 79 heavy (non-hydrogen) atoms. The van der Waals surface area contributed by atoms with Crippen molar-refractivity contribution in [1.29, 1.82) is 0 Å². The molecular formula is C60H116O17P2. The molecule has 468 valence electrons. The van der Waals surface area contributed by atoms with Gasteiger partial charge in [-0.15, -0.1) is 0 Å². The Morgan fingerprint density at radius 2 is 0.582 bits per heavy atom. The molecule has 0 heterocycles. The molecule has 0 saturated heterocycles. The molecule has 0 fully saturated rings. The third kappa shape index (κ3) is 55.0. The molecule has 0 saturated carbocycles. The third-order valence-corrected chi connectivity index (χ3v) is 15.7. The summed E-state index contributed by atoms with van der Waals surface area (Å²) in [5, 5.41) is 10.5. The highest BCUT2D eigenvalue weighted by molar-refractivity contribution is 7.47. The van der Waals surface area contributed by atoms with Gasteiger partial charge in [0, 0.05) is 25.7 Å². The van der Waals surface area contributed by atoms with Crippen LogP contribution in [0.1, 0.15) is 298 Å². The van der Waals surface area contributed by atoms with E-state index in [1.54, 1.807) is 0 Å². The second-order valence-corrected chi connectivity index (χ2v) is 25.1. The molecule has 17 nitrogen and oxygen atoms in total. The molecule has 3 N–H and O–H groups in total. The topological polar surface area (TPSA) is 237 Å². The maximum atomic E-state index is 12.9. The number of phosphoric acid groups is 2. The van der Waals surface area contributed by atoms with Gasteiger partial charge < -0.3 is 33.8 Å². The lowest BCUT2D eigenvalue weighted by Crippen LogP contribution is -2.30. The van der Waals surface area contributed by atoms with Gasteiger partial charge >= 0.3 is 39.5 Å². The second-order valence-electron chi connectivity index (χ2n) is 22.2. The summed E-state index contributed by atoms with van der Waals surface area (Å²) in [6, 6.07) is 0. The molecule has 2 unspecified atom stereocenters. The van der Waals surface area contributed by atoms with Crippen LogP contribution in [-0.2, 0) is 65.4 Å². The minimum absolute atomic E-state index is 0.105. The molecule has 0 aromatic carbocycles. The largest absolute Gasteiger partial charge is 0.472 e. The van der Waals surface area contributed by atoms with Crippen molar-refractivity contribution < 1.29 is 80.2 Å². The number of aliphatic hydroxyl groups excluding tert-OH is 1. The first-order chi connectivity index (χ1) is 38.0. The van der Waals surface area contributed by atoms with E-state index < -0.39 is 97.5 Å². The van der Waals surface area contributed by atoms with Crippen molar-refractivity contribution in [1.82, 2.24) is 0 Å².